The molecule has 1 aliphatic rings. The molecule has 0 amide bonds. The van der Waals surface area contributed by atoms with E-state index in [4.69, 9.17) is 4.42 Å². The average molecular weight is 261 g/mol. The van der Waals surface area contributed by atoms with Crippen LogP contribution in [0.2, 0.25) is 0 Å². The Morgan fingerprint density at radius 2 is 2.16 bits per heavy atom. The maximum Gasteiger partial charge on any atom is 0.236 e. The fraction of sp³-hybridized carbons (Fsp3) is 0.571. The normalized spacial score (nSPS) is 19.2. The van der Waals surface area contributed by atoms with Gasteiger partial charge in [-0.2, -0.15) is 0 Å². The molecule has 0 aromatic carbocycles. The summed E-state index contributed by atoms with van der Waals surface area (Å²) in [7, 11) is 0. The standard InChI is InChI=1S/C14H19N3O2/c1-2-13-15-16-14(19-13)9-17-7-10-5-3-4-6-12(18)11(10)8-17/h7-8,12,18H,2-6,9H2,1H3. The van der Waals surface area contributed by atoms with Crippen molar-refractivity contribution < 1.29 is 9.52 Å². The van der Waals surface area contributed by atoms with Gasteiger partial charge in [-0.3, -0.25) is 0 Å². The van der Waals surface area contributed by atoms with E-state index < -0.39 is 0 Å². The molecular weight excluding hydrogens is 242 g/mol. The third-order valence-corrected chi connectivity index (χ3v) is 3.66. The monoisotopic (exact) mass is 261 g/mol. The maximum atomic E-state index is 10.1. The van der Waals surface area contributed by atoms with Gasteiger partial charge < -0.3 is 14.1 Å². The lowest BCUT2D eigenvalue weighted by atomic mass is 10.1. The average Bonchev–Trinajstić information content (AvgIpc) is 2.98. The molecule has 0 aliphatic heterocycles. The molecule has 0 spiro atoms. The van der Waals surface area contributed by atoms with E-state index >= 15 is 0 Å². The topological polar surface area (TPSA) is 64.1 Å². The van der Waals surface area contributed by atoms with Gasteiger partial charge in [0.25, 0.3) is 0 Å². The molecule has 19 heavy (non-hydrogen) atoms. The molecule has 5 nitrogen and oxygen atoms in total. The maximum absolute atomic E-state index is 10.1. The molecular formula is C14H19N3O2. The van der Waals surface area contributed by atoms with E-state index in [2.05, 4.69) is 16.4 Å². The summed E-state index contributed by atoms with van der Waals surface area (Å²) in [5.41, 5.74) is 2.31. The molecule has 1 N–H and O–H groups in total. The van der Waals surface area contributed by atoms with Gasteiger partial charge in [0.1, 0.15) is 6.54 Å². The summed E-state index contributed by atoms with van der Waals surface area (Å²) in [4.78, 5) is 0. The van der Waals surface area contributed by atoms with Crippen LogP contribution in [0.4, 0.5) is 0 Å². The van der Waals surface area contributed by atoms with Crippen LogP contribution in [0.15, 0.2) is 16.8 Å². The van der Waals surface area contributed by atoms with Crippen LogP contribution < -0.4 is 0 Å². The molecule has 0 radical (unpaired) electrons. The smallest absolute Gasteiger partial charge is 0.236 e. The van der Waals surface area contributed by atoms with Crippen LogP contribution in [0.1, 0.15) is 55.2 Å². The molecule has 1 atom stereocenters. The van der Waals surface area contributed by atoms with Gasteiger partial charge in [-0.25, -0.2) is 0 Å². The Labute approximate surface area is 112 Å². The molecule has 0 saturated heterocycles. The van der Waals surface area contributed by atoms with Gasteiger partial charge in [-0.1, -0.05) is 13.3 Å². The quantitative estimate of drug-likeness (QED) is 0.861. The first kappa shape index (κ1) is 12.4. The third kappa shape index (κ3) is 2.56. The Kier molecular flexibility index (Phi) is 3.38. The van der Waals surface area contributed by atoms with Gasteiger partial charge in [-0.05, 0) is 24.8 Å². The van der Waals surface area contributed by atoms with E-state index in [-0.39, 0.29) is 6.10 Å². The van der Waals surface area contributed by atoms with Crippen molar-refractivity contribution in [2.75, 3.05) is 0 Å². The number of hydrogen-bond acceptors (Lipinski definition) is 4. The van der Waals surface area contributed by atoms with Gasteiger partial charge in [0.05, 0.1) is 6.10 Å². The van der Waals surface area contributed by atoms with Gasteiger partial charge in [0, 0.05) is 24.4 Å². The van der Waals surface area contributed by atoms with Crippen molar-refractivity contribution in [2.24, 2.45) is 0 Å². The summed E-state index contributed by atoms with van der Waals surface area (Å²) < 4.78 is 7.55. The Hall–Kier alpha value is -1.62. The zero-order valence-electron chi connectivity index (χ0n) is 11.2. The molecule has 0 fully saturated rings. The molecule has 2 aromatic rings. The SMILES string of the molecule is CCc1nnc(Cn2cc3c(c2)C(O)CCCC3)o1. The first-order valence-electron chi connectivity index (χ1n) is 6.94. The second-order valence-corrected chi connectivity index (χ2v) is 5.12. The van der Waals surface area contributed by atoms with Gasteiger partial charge >= 0.3 is 0 Å². The lowest BCUT2D eigenvalue weighted by Crippen LogP contribution is -1.98. The van der Waals surface area contributed by atoms with Crippen LogP contribution in [0, 0.1) is 0 Å². The largest absolute Gasteiger partial charge is 0.423 e. The number of aryl methyl sites for hydroxylation is 2. The van der Waals surface area contributed by atoms with E-state index in [0.717, 1.165) is 37.7 Å². The van der Waals surface area contributed by atoms with Gasteiger partial charge in [0.2, 0.25) is 11.8 Å². The van der Waals surface area contributed by atoms with E-state index in [1.54, 1.807) is 0 Å². The fourth-order valence-electron chi connectivity index (χ4n) is 2.63. The molecule has 2 aromatic heterocycles. The van der Waals surface area contributed by atoms with Crippen molar-refractivity contribution >= 4 is 0 Å². The molecule has 5 heteroatoms. The highest BCUT2D eigenvalue weighted by Gasteiger charge is 2.18. The van der Waals surface area contributed by atoms with E-state index in [1.165, 1.54) is 5.56 Å². The van der Waals surface area contributed by atoms with Crippen LogP contribution in [0.3, 0.4) is 0 Å². The number of hydrogen-bond donors (Lipinski definition) is 1. The van der Waals surface area contributed by atoms with Crippen molar-refractivity contribution in [1.29, 1.82) is 0 Å². The van der Waals surface area contributed by atoms with Crippen molar-refractivity contribution in [3.63, 3.8) is 0 Å². The molecule has 1 aliphatic carbocycles. The van der Waals surface area contributed by atoms with Gasteiger partial charge in [0.15, 0.2) is 0 Å². The van der Waals surface area contributed by atoms with Crippen LogP contribution in [-0.4, -0.2) is 19.9 Å². The highest BCUT2D eigenvalue weighted by molar-refractivity contribution is 5.28. The summed E-state index contributed by atoms with van der Waals surface area (Å²) in [5, 5.41) is 18.1. The first-order chi connectivity index (χ1) is 9.26. The number of rotatable bonds is 3. The summed E-state index contributed by atoms with van der Waals surface area (Å²) in [6, 6.07) is 0. The molecule has 102 valence electrons. The predicted octanol–water partition coefficient (Wildman–Crippen LogP) is 2.24. The minimum absolute atomic E-state index is 0.326. The summed E-state index contributed by atoms with van der Waals surface area (Å²) in [6.45, 7) is 2.57. The molecule has 0 bridgehead atoms. The second kappa shape index (κ2) is 5.17. The van der Waals surface area contributed by atoms with E-state index in [9.17, 15) is 5.11 Å². The van der Waals surface area contributed by atoms with Crippen molar-refractivity contribution in [3.8, 4) is 0 Å². The minimum Gasteiger partial charge on any atom is -0.423 e. The molecule has 0 saturated carbocycles. The van der Waals surface area contributed by atoms with Crippen LogP contribution in [-0.2, 0) is 19.4 Å². The van der Waals surface area contributed by atoms with Crippen molar-refractivity contribution in [3.05, 3.63) is 35.3 Å². The predicted molar refractivity (Wildman–Crippen MR) is 69.7 cm³/mol. The number of fused-ring (bicyclic) bond motifs is 1. The highest BCUT2D eigenvalue weighted by atomic mass is 16.4. The molecule has 1 unspecified atom stereocenters. The summed E-state index contributed by atoms with van der Waals surface area (Å²) >= 11 is 0. The Balaban J connectivity index is 1.80. The zero-order chi connectivity index (χ0) is 13.2. The number of aliphatic hydroxyl groups is 1. The Bertz CT molecular complexity index is 559. The second-order valence-electron chi connectivity index (χ2n) is 5.12. The molecule has 2 heterocycles. The number of aliphatic hydroxyl groups excluding tert-OH is 1. The number of nitrogens with zero attached hydrogens (tertiary/aromatic N) is 3. The Morgan fingerprint density at radius 3 is 2.95 bits per heavy atom. The van der Waals surface area contributed by atoms with E-state index in [1.807, 2.05) is 17.7 Å². The summed E-state index contributed by atoms with van der Waals surface area (Å²) in [5.74, 6) is 1.29. The Morgan fingerprint density at radius 1 is 1.32 bits per heavy atom. The lowest BCUT2D eigenvalue weighted by Gasteiger charge is -2.05. The first-order valence-corrected chi connectivity index (χ1v) is 6.94. The van der Waals surface area contributed by atoms with Crippen LogP contribution in [0.25, 0.3) is 0 Å². The van der Waals surface area contributed by atoms with Crippen LogP contribution >= 0.6 is 0 Å². The fourth-order valence-corrected chi connectivity index (χ4v) is 2.63. The number of aromatic nitrogens is 3. The molecule has 3 rings (SSSR count). The van der Waals surface area contributed by atoms with Crippen molar-refractivity contribution in [2.45, 2.75) is 51.7 Å². The third-order valence-electron chi connectivity index (χ3n) is 3.66. The minimum atomic E-state index is -0.326. The van der Waals surface area contributed by atoms with Crippen LogP contribution in [0.5, 0.6) is 0 Å². The van der Waals surface area contributed by atoms with E-state index in [0.29, 0.717) is 18.3 Å². The summed E-state index contributed by atoms with van der Waals surface area (Å²) in [6.07, 6.45) is 8.69. The highest BCUT2D eigenvalue weighted by Crippen LogP contribution is 2.29. The van der Waals surface area contributed by atoms with Gasteiger partial charge in [-0.15, -0.1) is 10.2 Å². The van der Waals surface area contributed by atoms with Crippen molar-refractivity contribution in [1.82, 2.24) is 14.8 Å². The lowest BCUT2D eigenvalue weighted by molar-refractivity contribution is 0.166. The zero-order valence-corrected chi connectivity index (χ0v) is 11.2.